The van der Waals surface area contributed by atoms with Crippen molar-refractivity contribution in [1.29, 1.82) is 0 Å². The zero-order chi connectivity index (χ0) is 13.8. The van der Waals surface area contributed by atoms with Gasteiger partial charge in [0.05, 0.1) is 6.54 Å². The zero-order valence-corrected chi connectivity index (χ0v) is 12.3. The number of nitrogens with zero attached hydrogens (tertiary/aromatic N) is 1. The van der Waals surface area contributed by atoms with Crippen LogP contribution in [-0.4, -0.2) is 36.4 Å². The number of halogens is 2. The molecule has 1 heterocycles. The Morgan fingerprint density at radius 1 is 1.42 bits per heavy atom. The minimum absolute atomic E-state index is 0.0486. The van der Waals surface area contributed by atoms with E-state index in [0.717, 1.165) is 30.4 Å². The van der Waals surface area contributed by atoms with E-state index in [1.807, 2.05) is 0 Å². The zero-order valence-electron chi connectivity index (χ0n) is 10.7. The lowest BCUT2D eigenvalue weighted by molar-refractivity contribution is -0.119. The molecule has 0 aromatic heterocycles. The van der Waals surface area contributed by atoms with E-state index >= 15 is 0 Å². The molecule has 2 rings (SSSR count). The van der Waals surface area contributed by atoms with Crippen LogP contribution in [0.3, 0.4) is 0 Å². The van der Waals surface area contributed by atoms with Crippen molar-refractivity contribution in [3.05, 3.63) is 34.1 Å². The van der Waals surface area contributed by atoms with Crippen molar-refractivity contribution in [3.63, 3.8) is 0 Å². The summed E-state index contributed by atoms with van der Waals surface area (Å²) in [6.07, 6.45) is 2.00. The van der Waals surface area contributed by atoms with Crippen LogP contribution in [0, 0.1) is 5.82 Å². The molecule has 0 radical (unpaired) electrons. The summed E-state index contributed by atoms with van der Waals surface area (Å²) in [7, 11) is 0. The van der Waals surface area contributed by atoms with Gasteiger partial charge >= 0.3 is 0 Å². The fraction of sp³-hybridized carbons (Fsp3) is 0.500. The second-order valence-electron chi connectivity index (χ2n) is 5.06. The SMILES string of the molecule is NC1CCN(CC(=O)Cc2cc(Br)ccc2F)CC1. The molecular formula is C14H18BrFN2O. The molecule has 104 valence electrons. The first kappa shape index (κ1) is 14.6. The average Bonchev–Trinajstić information content (AvgIpc) is 2.37. The molecule has 19 heavy (non-hydrogen) atoms. The largest absolute Gasteiger partial charge is 0.328 e. The van der Waals surface area contributed by atoms with E-state index < -0.39 is 0 Å². The summed E-state index contributed by atoms with van der Waals surface area (Å²) in [6.45, 7) is 2.10. The maximum absolute atomic E-state index is 13.6. The number of rotatable bonds is 4. The third-order valence-electron chi connectivity index (χ3n) is 3.43. The van der Waals surface area contributed by atoms with Gasteiger partial charge in [0, 0.05) is 30.0 Å². The molecule has 1 aromatic rings. The van der Waals surface area contributed by atoms with Gasteiger partial charge < -0.3 is 5.73 Å². The summed E-state index contributed by atoms with van der Waals surface area (Å²) < 4.78 is 14.3. The van der Waals surface area contributed by atoms with Gasteiger partial charge in [-0.2, -0.15) is 0 Å². The van der Waals surface area contributed by atoms with Gasteiger partial charge in [0.2, 0.25) is 0 Å². The molecule has 2 N–H and O–H groups in total. The van der Waals surface area contributed by atoms with E-state index in [9.17, 15) is 9.18 Å². The Labute approximate surface area is 121 Å². The Hall–Kier alpha value is -0.780. The van der Waals surface area contributed by atoms with Gasteiger partial charge in [-0.1, -0.05) is 15.9 Å². The standard InChI is InChI=1S/C14H18BrFN2O/c15-11-1-2-14(16)10(7-11)8-13(19)9-18-5-3-12(17)4-6-18/h1-2,7,12H,3-6,8-9,17H2. The van der Waals surface area contributed by atoms with Crippen molar-refractivity contribution in [3.8, 4) is 0 Å². The Morgan fingerprint density at radius 3 is 2.79 bits per heavy atom. The fourth-order valence-corrected chi connectivity index (χ4v) is 2.72. The van der Waals surface area contributed by atoms with Crippen LogP contribution >= 0.6 is 15.9 Å². The maximum Gasteiger partial charge on any atom is 0.151 e. The third kappa shape index (κ3) is 4.37. The number of ketones is 1. The Morgan fingerprint density at radius 2 is 2.11 bits per heavy atom. The number of hydrogen-bond acceptors (Lipinski definition) is 3. The lowest BCUT2D eigenvalue weighted by Gasteiger charge is -2.29. The quantitative estimate of drug-likeness (QED) is 0.920. The smallest absolute Gasteiger partial charge is 0.151 e. The highest BCUT2D eigenvalue weighted by atomic mass is 79.9. The van der Waals surface area contributed by atoms with Crippen molar-refractivity contribution in [2.45, 2.75) is 25.3 Å². The van der Waals surface area contributed by atoms with Crippen molar-refractivity contribution >= 4 is 21.7 Å². The van der Waals surface area contributed by atoms with Gasteiger partial charge in [0.15, 0.2) is 5.78 Å². The molecule has 1 fully saturated rings. The molecule has 0 bridgehead atoms. The Kier molecular flexibility index (Phi) is 5.07. The molecule has 1 saturated heterocycles. The van der Waals surface area contributed by atoms with Gasteiger partial charge in [-0.05, 0) is 36.6 Å². The molecule has 5 heteroatoms. The van der Waals surface area contributed by atoms with Crippen LogP contribution in [0.1, 0.15) is 18.4 Å². The molecule has 0 aliphatic carbocycles. The van der Waals surface area contributed by atoms with Crippen LogP contribution in [0.2, 0.25) is 0 Å². The van der Waals surface area contributed by atoms with Crippen LogP contribution < -0.4 is 5.73 Å². The van der Waals surface area contributed by atoms with Crippen molar-refractivity contribution < 1.29 is 9.18 Å². The maximum atomic E-state index is 13.6. The minimum Gasteiger partial charge on any atom is -0.328 e. The summed E-state index contributed by atoms with van der Waals surface area (Å²) in [5.74, 6) is -0.273. The molecular weight excluding hydrogens is 311 g/mol. The summed E-state index contributed by atoms with van der Waals surface area (Å²) in [6, 6.07) is 4.94. The number of Topliss-reactive ketones (excluding diaryl/α,β-unsaturated/α-hetero) is 1. The monoisotopic (exact) mass is 328 g/mol. The molecule has 0 amide bonds. The molecule has 1 aliphatic heterocycles. The average molecular weight is 329 g/mol. The molecule has 1 aromatic carbocycles. The lowest BCUT2D eigenvalue weighted by atomic mass is 10.0. The number of piperidine rings is 1. The topological polar surface area (TPSA) is 46.3 Å². The fourth-order valence-electron chi connectivity index (χ4n) is 2.31. The van der Waals surface area contributed by atoms with E-state index in [0.29, 0.717) is 12.1 Å². The minimum atomic E-state index is -0.322. The summed E-state index contributed by atoms with van der Waals surface area (Å²) >= 11 is 3.29. The third-order valence-corrected chi connectivity index (χ3v) is 3.92. The number of hydrogen-bond donors (Lipinski definition) is 1. The van der Waals surface area contributed by atoms with Crippen molar-refractivity contribution in [2.75, 3.05) is 19.6 Å². The van der Waals surface area contributed by atoms with E-state index in [-0.39, 0.29) is 24.1 Å². The van der Waals surface area contributed by atoms with Crippen LogP contribution in [-0.2, 0) is 11.2 Å². The van der Waals surface area contributed by atoms with Gasteiger partial charge in [-0.25, -0.2) is 4.39 Å². The molecule has 3 nitrogen and oxygen atoms in total. The van der Waals surface area contributed by atoms with Crippen LogP contribution in [0.5, 0.6) is 0 Å². The summed E-state index contributed by atoms with van der Waals surface area (Å²) in [5.41, 5.74) is 6.27. The van der Waals surface area contributed by atoms with E-state index in [1.54, 1.807) is 12.1 Å². The first-order valence-corrected chi connectivity index (χ1v) is 7.27. The van der Waals surface area contributed by atoms with Crippen LogP contribution in [0.15, 0.2) is 22.7 Å². The van der Waals surface area contributed by atoms with Crippen LogP contribution in [0.4, 0.5) is 4.39 Å². The van der Waals surface area contributed by atoms with Gasteiger partial charge in [-0.15, -0.1) is 0 Å². The van der Waals surface area contributed by atoms with E-state index in [4.69, 9.17) is 5.73 Å². The number of nitrogens with two attached hydrogens (primary N) is 1. The number of carbonyl (C=O) groups excluding carboxylic acids is 1. The highest BCUT2D eigenvalue weighted by Crippen LogP contribution is 2.16. The Balaban J connectivity index is 1.89. The second kappa shape index (κ2) is 6.59. The van der Waals surface area contributed by atoms with E-state index in [1.165, 1.54) is 6.07 Å². The molecule has 0 saturated carbocycles. The second-order valence-corrected chi connectivity index (χ2v) is 5.98. The van der Waals surface area contributed by atoms with Gasteiger partial charge in [0.25, 0.3) is 0 Å². The normalized spacial score (nSPS) is 17.6. The number of benzene rings is 1. The van der Waals surface area contributed by atoms with E-state index in [2.05, 4.69) is 20.8 Å². The number of carbonyl (C=O) groups is 1. The Bertz CT molecular complexity index is 459. The van der Waals surface area contributed by atoms with Gasteiger partial charge in [0.1, 0.15) is 5.82 Å². The highest BCUT2D eigenvalue weighted by molar-refractivity contribution is 9.10. The molecule has 0 unspecified atom stereocenters. The first-order valence-electron chi connectivity index (χ1n) is 6.48. The summed E-state index contributed by atoms with van der Waals surface area (Å²) in [5, 5.41) is 0. The van der Waals surface area contributed by atoms with Crippen molar-refractivity contribution in [1.82, 2.24) is 4.90 Å². The van der Waals surface area contributed by atoms with Crippen molar-refractivity contribution in [2.24, 2.45) is 5.73 Å². The lowest BCUT2D eigenvalue weighted by Crippen LogP contribution is -2.42. The number of likely N-dealkylation sites (tertiary alicyclic amines) is 1. The van der Waals surface area contributed by atoms with Gasteiger partial charge in [-0.3, -0.25) is 9.69 Å². The molecule has 0 spiro atoms. The summed E-state index contributed by atoms with van der Waals surface area (Å²) in [4.78, 5) is 14.1. The predicted molar refractivity (Wildman–Crippen MR) is 76.5 cm³/mol. The predicted octanol–water partition coefficient (Wildman–Crippen LogP) is 2.12. The highest BCUT2D eigenvalue weighted by Gasteiger charge is 2.18. The molecule has 1 aliphatic rings. The molecule has 0 atom stereocenters. The first-order chi connectivity index (χ1) is 9.04. The van der Waals surface area contributed by atoms with Crippen LogP contribution in [0.25, 0.3) is 0 Å².